The number of rotatable bonds is 9. The molecule has 35 heavy (non-hydrogen) atoms. The van der Waals surface area contributed by atoms with E-state index < -0.39 is 6.10 Å². The molecule has 0 amide bonds. The predicted molar refractivity (Wildman–Crippen MR) is 139 cm³/mol. The first-order valence-corrected chi connectivity index (χ1v) is 11.9. The van der Waals surface area contributed by atoms with Crippen LogP contribution in [-0.2, 0) is 18.9 Å². The van der Waals surface area contributed by atoms with Crippen molar-refractivity contribution in [2.45, 2.75) is 53.1 Å². The Labute approximate surface area is 209 Å². The van der Waals surface area contributed by atoms with Crippen molar-refractivity contribution in [3.05, 3.63) is 87.8 Å². The fourth-order valence-electron chi connectivity index (χ4n) is 4.17. The first-order chi connectivity index (χ1) is 16.7. The van der Waals surface area contributed by atoms with Crippen LogP contribution in [0.1, 0.15) is 52.5 Å². The zero-order valence-electron chi connectivity index (χ0n) is 22.2. The van der Waals surface area contributed by atoms with Crippen LogP contribution in [0.2, 0.25) is 0 Å². The molecule has 1 aromatic carbocycles. The van der Waals surface area contributed by atoms with Crippen molar-refractivity contribution in [2.24, 2.45) is 5.92 Å². The highest BCUT2D eigenvalue weighted by molar-refractivity contribution is 5.48. The van der Waals surface area contributed by atoms with Crippen LogP contribution in [-0.4, -0.2) is 44.3 Å². The zero-order valence-corrected chi connectivity index (χ0v) is 22.2. The highest BCUT2D eigenvalue weighted by Crippen LogP contribution is 2.46. The second kappa shape index (κ2) is 13.1. The summed E-state index contributed by atoms with van der Waals surface area (Å²) in [6, 6.07) is 7.28. The van der Waals surface area contributed by atoms with Crippen molar-refractivity contribution in [1.29, 1.82) is 0 Å². The average Bonchev–Trinajstić information content (AvgIpc) is 2.85. The van der Waals surface area contributed by atoms with Crippen LogP contribution < -0.4 is 0 Å². The third-order valence-corrected chi connectivity index (χ3v) is 6.36. The molecule has 1 fully saturated rings. The third kappa shape index (κ3) is 6.95. The van der Waals surface area contributed by atoms with Gasteiger partial charge in [-0.25, -0.2) is 0 Å². The Morgan fingerprint density at radius 2 is 1.71 bits per heavy atom. The van der Waals surface area contributed by atoms with E-state index >= 15 is 0 Å². The van der Waals surface area contributed by atoms with E-state index in [1.54, 1.807) is 40.4 Å². The maximum Gasteiger partial charge on any atom is 0.156 e. The summed E-state index contributed by atoms with van der Waals surface area (Å²) in [5.41, 5.74) is 3.78. The molecule has 1 saturated heterocycles. The van der Waals surface area contributed by atoms with Gasteiger partial charge in [-0.1, -0.05) is 25.1 Å². The maximum absolute atomic E-state index is 10.3. The van der Waals surface area contributed by atoms with Gasteiger partial charge < -0.3 is 29.2 Å². The summed E-state index contributed by atoms with van der Waals surface area (Å²) in [6.45, 7) is 9.86. The smallest absolute Gasteiger partial charge is 0.156 e. The molecule has 0 aromatic heterocycles. The Balaban J connectivity index is 2.84. The lowest BCUT2D eigenvalue weighted by Gasteiger charge is -2.38. The van der Waals surface area contributed by atoms with Gasteiger partial charge in [-0.15, -0.1) is 0 Å². The van der Waals surface area contributed by atoms with Crippen LogP contribution in [0.5, 0.6) is 5.75 Å². The van der Waals surface area contributed by atoms with E-state index in [9.17, 15) is 10.2 Å². The lowest BCUT2D eigenvalue weighted by molar-refractivity contribution is 0.134. The van der Waals surface area contributed by atoms with E-state index in [4.69, 9.17) is 18.9 Å². The number of methoxy groups -OCH3 is 3. The molecule has 0 spiro atoms. The van der Waals surface area contributed by atoms with E-state index in [0.29, 0.717) is 18.1 Å². The van der Waals surface area contributed by atoms with E-state index in [0.717, 1.165) is 40.2 Å². The quantitative estimate of drug-likeness (QED) is 0.325. The number of aliphatic hydroxyl groups is 1. The lowest BCUT2D eigenvalue weighted by Crippen LogP contribution is -2.30. The number of hydrogen-bond donors (Lipinski definition) is 2. The first kappa shape index (κ1) is 28.1. The van der Waals surface area contributed by atoms with Crippen molar-refractivity contribution < 1.29 is 29.2 Å². The van der Waals surface area contributed by atoms with E-state index in [-0.39, 0.29) is 17.6 Å². The topological polar surface area (TPSA) is 77.4 Å². The molecule has 2 N–H and O–H groups in total. The van der Waals surface area contributed by atoms with Gasteiger partial charge >= 0.3 is 0 Å². The van der Waals surface area contributed by atoms with Crippen molar-refractivity contribution in [3.63, 3.8) is 0 Å². The van der Waals surface area contributed by atoms with Crippen molar-refractivity contribution >= 4 is 0 Å². The molecule has 1 aliphatic heterocycles. The second-order valence-corrected chi connectivity index (χ2v) is 8.67. The molecule has 0 aliphatic carbocycles. The molecular formula is C29H40O6. The molecule has 0 saturated carbocycles. The number of phenolic OH excluding ortho intramolecular Hbond substituents is 1. The van der Waals surface area contributed by atoms with Crippen LogP contribution in [0.15, 0.2) is 82.2 Å². The van der Waals surface area contributed by atoms with Crippen LogP contribution in [0, 0.1) is 5.92 Å². The Kier molecular flexibility index (Phi) is 10.5. The van der Waals surface area contributed by atoms with Crippen molar-refractivity contribution in [3.8, 4) is 5.75 Å². The SMILES string of the molecule is CCC=C1/C(=C(/C)C(C)O)OCC(C(=C/C(OC)=C(\C)OC)/C=C(\C)OC)C1c1ccc(O)cc1. The minimum absolute atomic E-state index is 0.0962. The Morgan fingerprint density at radius 3 is 2.23 bits per heavy atom. The van der Waals surface area contributed by atoms with Crippen molar-refractivity contribution in [1.82, 2.24) is 0 Å². The lowest BCUT2D eigenvalue weighted by atomic mass is 9.73. The molecule has 192 valence electrons. The molecule has 6 nitrogen and oxygen atoms in total. The molecule has 1 heterocycles. The van der Waals surface area contributed by atoms with Crippen LogP contribution >= 0.6 is 0 Å². The summed E-state index contributed by atoms with van der Waals surface area (Å²) in [5, 5.41) is 20.3. The van der Waals surface area contributed by atoms with Gasteiger partial charge in [-0.05, 0) is 80.7 Å². The third-order valence-electron chi connectivity index (χ3n) is 6.36. The van der Waals surface area contributed by atoms with Crippen LogP contribution in [0.3, 0.4) is 0 Å². The number of allylic oxidation sites excluding steroid dienone is 6. The number of phenols is 1. The molecule has 3 atom stereocenters. The molecule has 2 rings (SSSR count). The highest BCUT2D eigenvalue weighted by Gasteiger charge is 2.37. The zero-order chi connectivity index (χ0) is 26.1. The Hall–Kier alpha value is -3.12. The number of ether oxygens (including phenoxy) is 4. The molecule has 0 radical (unpaired) electrons. The van der Waals surface area contributed by atoms with E-state index in [1.807, 2.05) is 45.1 Å². The minimum Gasteiger partial charge on any atom is -0.508 e. The standard InChI is InChI=1S/C29H40O6/c1-9-10-25-28(22-11-13-24(31)14-12-22)26(17-35-29(25)19(3)20(4)30)23(15-18(2)32-6)16-27(34-8)21(5)33-7/h10-16,20,26,28,30-31H,9,17H2,1-8H3/b18-15+,23-16+,25-10?,27-21-,29-19+. The molecule has 6 heteroatoms. The maximum atomic E-state index is 10.3. The van der Waals surface area contributed by atoms with Gasteiger partial charge in [0, 0.05) is 11.8 Å². The molecule has 0 bridgehead atoms. The summed E-state index contributed by atoms with van der Waals surface area (Å²) in [4.78, 5) is 0. The summed E-state index contributed by atoms with van der Waals surface area (Å²) >= 11 is 0. The minimum atomic E-state index is -0.639. The Bertz CT molecular complexity index is 1010. The monoisotopic (exact) mass is 484 g/mol. The van der Waals surface area contributed by atoms with Crippen molar-refractivity contribution in [2.75, 3.05) is 27.9 Å². The number of aromatic hydroxyl groups is 1. The number of benzene rings is 1. The van der Waals surface area contributed by atoms with E-state index in [2.05, 4.69) is 13.0 Å². The molecular weight excluding hydrogens is 444 g/mol. The summed E-state index contributed by atoms with van der Waals surface area (Å²) in [5.74, 6) is 2.73. The number of hydrogen-bond acceptors (Lipinski definition) is 6. The normalized spacial score (nSPS) is 23.3. The van der Waals surface area contributed by atoms with Gasteiger partial charge in [0.15, 0.2) is 5.76 Å². The number of aliphatic hydroxyl groups excluding tert-OH is 1. The molecule has 1 aromatic rings. The van der Waals surface area contributed by atoms with Gasteiger partial charge in [0.25, 0.3) is 0 Å². The second-order valence-electron chi connectivity index (χ2n) is 8.67. The predicted octanol–water partition coefficient (Wildman–Crippen LogP) is 6.11. The van der Waals surface area contributed by atoms with Gasteiger partial charge in [0.1, 0.15) is 17.3 Å². The largest absolute Gasteiger partial charge is 0.508 e. The highest BCUT2D eigenvalue weighted by atomic mass is 16.5. The summed E-state index contributed by atoms with van der Waals surface area (Å²) in [7, 11) is 4.86. The summed E-state index contributed by atoms with van der Waals surface area (Å²) < 4.78 is 22.9. The summed E-state index contributed by atoms with van der Waals surface area (Å²) in [6.07, 6.45) is 6.27. The fourth-order valence-corrected chi connectivity index (χ4v) is 4.17. The fraction of sp³-hybridized carbons (Fsp3) is 0.448. The van der Waals surface area contributed by atoms with Gasteiger partial charge in [0.2, 0.25) is 0 Å². The molecule has 1 aliphatic rings. The Morgan fingerprint density at radius 1 is 1.06 bits per heavy atom. The first-order valence-electron chi connectivity index (χ1n) is 11.9. The van der Waals surface area contributed by atoms with Crippen LogP contribution in [0.25, 0.3) is 0 Å². The van der Waals surface area contributed by atoms with E-state index in [1.165, 1.54) is 0 Å². The van der Waals surface area contributed by atoms with Gasteiger partial charge in [0.05, 0.1) is 39.8 Å². The van der Waals surface area contributed by atoms with Gasteiger partial charge in [-0.3, -0.25) is 0 Å². The van der Waals surface area contributed by atoms with Crippen LogP contribution in [0.4, 0.5) is 0 Å². The average molecular weight is 485 g/mol. The van der Waals surface area contributed by atoms with Gasteiger partial charge in [-0.2, -0.15) is 0 Å². The molecule has 3 unspecified atom stereocenters.